The molecule has 0 radical (unpaired) electrons. The maximum absolute atomic E-state index is 9.54. The smallest absolute Gasteiger partial charge is 0.184 e. The average molecular weight is 211 g/mol. The molecule has 1 aliphatic carbocycles. The van der Waals surface area contributed by atoms with Gasteiger partial charge in [0.25, 0.3) is 0 Å². The van der Waals surface area contributed by atoms with Crippen LogP contribution in [-0.4, -0.2) is 29.3 Å². The lowest BCUT2D eigenvalue weighted by atomic mass is 9.91. The fraction of sp³-hybridized carbons (Fsp3) is 0.917. The summed E-state index contributed by atoms with van der Waals surface area (Å²) >= 11 is 0. The molecule has 1 saturated carbocycles. The van der Waals surface area contributed by atoms with Gasteiger partial charge >= 0.3 is 0 Å². The molecule has 1 heterocycles. The first-order chi connectivity index (χ1) is 6.94. The summed E-state index contributed by atoms with van der Waals surface area (Å²) in [5.41, 5.74) is 0.227. The van der Waals surface area contributed by atoms with Crippen molar-refractivity contribution < 1.29 is 9.84 Å². The lowest BCUT2D eigenvalue weighted by Gasteiger charge is -2.26. The molecule has 86 valence electrons. The third kappa shape index (κ3) is 2.71. The predicted molar refractivity (Wildman–Crippen MR) is 60.0 cm³/mol. The molecule has 0 saturated heterocycles. The highest BCUT2D eigenvalue weighted by molar-refractivity contribution is 5.78. The molecule has 3 atom stereocenters. The van der Waals surface area contributed by atoms with E-state index in [1.54, 1.807) is 0 Å². The van der Waals surface area contributed by atoms with E-state index in [2.05, 4.69) is 25.8 Å². The van der Waals surface area contributed by atoms with E-state index in [1.165, 1.54) is 0 Å². The summed E-state index contributed by atoms with van der Waals surface area (Å²) in [5, 5.41) is 9.54. The molecule has 3 heteroatoms. The summed E-state index contributed by atoms with van der Waals surface area (Å²) in [7, 11) is 0. The van der Waals surface area contributed by atoms with Crippen LogP contribution in [-0.2, 0) is 4.74 Å². The molecular weight excluding hydrogens is 190 g/mol. The molecule has 0 aromatic rings. The maximum Gasteiger partial charge on any atom is 0.184 e. The summed E-state index contributed by atoms with van der Waals surface area (Å²) in [5.74, 6) is 0.895. The lowest BCUT2D eigenvalue weighted by molar-refractivity contribution is 0.0486. The van der Waals surface area contributed by atoms with Gasteiger partial charge < -0.3 is 9.84 Å². The Hall–Kier alpha value is -0.570. The molecule has 0 amide bonds. The molecule has 0 bridgehead atoms. The van der Waals surface area contributed by atoms with E-state index in [-0.39, 0.29) is 17.6 Å². The first-order valence-corrected chi connectivity index (χ1v) is 5.85. The topological polar surface area (TPSA) is 41.8 Å². The zero-order valence-electron chi connectivity index (χ0n) is 9.86. The van der Waals surface area contributed by atoms with Gasteiger partial charge in [0.1, 0.15) is 6.10 Å². The van der Waals surface area contributed by atoms with Gasteiger partial charge in [-0.25, -0.2) is 4.99 Å². The minimum Gasteiger partial charge on any atom is -0.475 e. The van der Waals surface area contributed by atoms with Crippen LogP contribution in [0, 0.1) is 5.41 Å². The Balaban J connectivity index is 1.96. The molecular formula is C12H21NO2. The monoisotopic (exact) mass is 211 g/mol. The van der Waals surface area contributed by atoms with Gasteiger partial charge in [0.2, 0.25) is 0 Å². The largest absolute Gasteiger partial charge is 0.475 e. The fourth-order valence-electron chi connectivity index (χ4n) is 2.30. The van der Waals surface area contributed by atoms with Crippen LogP contribution in [0.5, 0.6) is 0 Å². The molecule has 2 rings (SSSR count). The standard InChI is InChI=1S/C12H21NO2/c1-12(2,3)7-11-13-9-5-4-8(14)6-10(9)15-11/h8-10,14H,4-7H2,1-3H3. The number of aliphatic hydroxyl groups excluding tert-OH is 1. The summed E-state index contributed by atoms with van der Waals surface area (Å²) in [4.78, 5) is 4.61. The normalized spacial score (nSPS) is 35.7. The van der Waals surface area contributed by atoms with Crippen molar-refractivity contribution in [3.63, 3.8) is 0 Å². The number of ether oxygens (including phenoxy) is 1. The molecule has 0 aromatic carbocycles. The summed E-state index contributed by atoms with van der Waals surface area (Å²) in [6.07, 6.45) is 3.45. The summed E-state index contributed by atoms with van der Waals surface area (Å²) in [6, 6.07) is 0.311. The molecule has 0 spiro atoms. The quantitative estimate of drug-likeness (QED) is 0.722. The van der Waals surface area contributed by atoms with E-state index >= 15 is 0 Å². The maximum atomic E-state index is 9.54. The van der Waals surface area contributed by atoms with Crippen molar-refractivity contribution in [1.29, 1.82) is 0 Å². The fourth-order valence-corrected chi connectivity index (χ4v) is 2.30. The van der Waals surface area contributed by atoms with Crippen LogP contribution in [0.2, 0.25) is 0 Å². The highest BCUT2D eigenvalue weighted by Crippen LogP contribution is 2.32. The number of hydrogen-bond acceptors (Lipinski definition) is 3. The number of aliphatic hydroxyl groups is 1. The Morgan fingerprint density at radius 3 is 2.80 bits per heavy atom. The van der Waals surface area contributed by atoms with Crippen molar-refractivity contribution >= 4 is 5.90 Å². The minimum absolute atomic E-state index is 0.145. The summed E-state index contributed by atoms with van der Waals surface area (Å²) < 4.78 is 5.80. The Bertz CT molecular complexity index is 267. The van der Waals surface area contributed by atoms with Gasteiger partial charge in [0.05, 0.1) is 12.1 Å². The molecule has 15 heavy (non-hydrogen) atoms. The van der Waals surface area contributed by atoms with Crippen molar-refractivity contribution in [2.75, 3.05) is 0 Å². The van der Waals surface area contributed by atoms with E-state index in [0.29, 0.717) is 6.04 Å². The molecule has 3 nitrogen and oxygen atoms in total. The Morgan fingerprint density at radius 2 is 2.13 bits per heavy atom. The van der Waals surface area contributed by atoms with Crippen LogP contribution in [0.3, 0.4) is 0 Å². The first-order valence-electron chi connectivity index (χ1n) is 5.85. The number of rotatable bonds is 1. The zero-order valence-corrected chi connectivity index (χ0v) is 9.86. The van der Waals surface area contributed by atoms with Gasteiger partial charge in [0.15, 0.2) is 5.90 Å². The van der Waals surface area contributed by atoms with E-state index < -0.39 is 0 Å². The Morgan fingerprint density at radius 1 is 1.40 bits per heavy atom. The second kappa shape index (κ2) is 3.78. The minimum atomic E-state index is -0.185. The highest BCUT2D eigenvalue weighted by Gasteiger charge is 2.37. The van der Waals surface area contributed by atoms with Gasteiger partial charge in [-0.2, -0.15) is 0 Å². The van der Waals surface area contributed by atoms with Crippen LogP contribution in [0.15, 0.2) is 4.99 Å². The van der Waals surface area contributed by atoms with Crippen molar-refractivity contribution in [1.82, 2.24) is 0 Å². The van der Waals surface area contributed by atoms with Crippen LogP contribution < -0.4 is 0 Å². The first kappa shape index (κ1) is 10.9. The third-order valence-corrected chi connectivity index (χ3v) is 3.01. The van der Waals surface area contributed by atoms with E-state index in [4.69, 9.17) is 4.74 Å². The van der Waals surface area contributed by atoms with Crippen LogP contribution >= 0.6 is 0 Å². The second-order valence-corrected chi connectivity index (χ2v) is 5.95. The van der Waals surface area contributed by atoms with Gasteiger partial charge in [-0.1, -0.05) is 20.8 Å². The van der Waals surface area contributed by atoms with Crippen molar-refractivity contribution in [2.24, 2.45) is 10.4 Å². The van der Waals surface area contributed by atoms with Crippen molar-refractivity contribution in [3.8, 4) is 0 Å². The van der Waals surface area contributed by atoms with Gasteiger partial charge in [-0.15, -0.1) is 0 Å². The third-order valence-electron chi connectivity index (χ3n) is 3.01. The zero-order chi connectivity index (χ0) is 11.1. The Labute approximate surface area is 91.5 Å². The van der Waals surface area contributed by atoms with E-state index in [0.717, 1.165) is 31.6 Å². The number of aliphatic imine (C=N–C) groups is 1. The average Bonchev–Trinajstić information content (AvgIpc) is 2.42. The van der Waals surface area contributed by atoms with E-state index in [9.17, 15) is 5.11 Å². The number of nitrogens with zero attached hydrogens (tertiary/aromatic N) is 1. The SMILES string of the molecule is CC(C)(C)CC1=NC2CCC(O)CC2O1. The van der Waals surface area contributed by atoms with Crippen LogP contribution in [0.4, 0.5) is 0 Å². The van der Waals surface area contributed by atoms with Crippen LogP contribution in [0.1, 0.15) is 46.5 Å². The molecule has 2 aliphatic rings. The molecule has 0 aromatic heterocycles. The molecule has 1 aliphatic heterocycles. The highest BCUT2D eigenvalue weighted by atomic mass is 16.5. The van der Waals surface area contributed by atoms with Gasteiger partial charge in [0, 0.05) is 12.8 Å². The van der Waals surface area contributed by atoms with Crippen LogP contribution in [0.25, 0.3) is 0 Å². The molecule has 1 N–H and O–H groups in total. The Kier molecular flexibility index (Phi) is 2.75. The van der Waals surface area contributed by atoms with E-state index in [1.807, 2.05) is 0 Å². The lowest BCUT2D eigenvalue weighted by Crippen LogP contribution is -2.33. The second-order valence-electron chi connectivity index (χ2n) is 5.95. The molecule has 3 unspecified atom stereocenters. The number of hydrogen-bond donors (Lipinski definition) is 1. The number of fused-ring (bicyclic) bond motifs is 1. The summed E-state index contributed by atoms with van der Waals surface area (Å²) in [6.45, 7) is 6.57. The van der Waals surface area contributed by atoms with Crippen molar-refractivity contribution in [2.45, 2.75) is 64.7 Å². The van der Waals surface area contributed by atoms with Crippen molar-refractivity contribution in [3.05, 3.63) is 0 Å². The molecule has 1 fully saturated rings. The predicted octanol–water partition coefficient (Wildman–Crippen LogP) is 2.13. The van der Waals surface area contributed by atoms with Gasteiger partial charge in [-0.05, 0) is 18.3 Å². The van der Waals surface area contributed by atoms with Gasteiger partial charge in [-0.3, -0.25) is 0 Å².